The second-order valence-corrected chi connectivity index (χ2v) is 8.95. The molecule has 0 saturated carbocycles. The average Bonchev–Trinajstić information content (AvgIpc) is 3.20. The van der Waals surface area contributed by atoms with Gasteiger partial charge in [-0.05, 0) is 37.0 Å². The Morgan fingerprint density at radius 2 is 2.03 bits per heavy atom. The monoisotopic (exact) mass is 434 g/mol. The molecule has 1 aliphatic heterocycles. The van der Waals surface area contributed by atoms with Gasteiger partial charge in [0.1, 0.15) is 18.0 Å². The highest BCUT2D eigenvalue weighted by Gasteiger charge is 2.28. The van der Waals surface area contributed by atoms with Crippen LogP contribution in [-0.2, 0) is 11.2 Å². The Labute approximate surface area is 183 Å². The summed E-state index contributed by atoms with van der Waals surface area (Å²) < 4.78 is 16.2. The highest BCUT2D eigenvalue weighted by molar-refractivity contribution is 7.26. The van der Waals surface area contributed by atoms with Gasteiger partial charge in [0.15, 0.2) is 0 Å². The first-order valence-corrected chi connectivity index (χ1v) is 11.4. The van der Waals surface area contributed by atoms with Crippen molar-refractivity contribution in [3.05, 3.63) is 66.2 Å². The fourth-order valence-electron chi connectivity index (χ4n) is 4.29. The van der Waals surface area contributed by atoms with Crippen LogP contribution in [0.5, 0.6) is 0 Å². The maximum absolute atomic E-state index is 14.4. The molecule has 5 rings (SSSR count). The lowest BCUT2D eigenvalue weighted by Gasteiger charge is -2.33. The zero-order valence-electron chi connectivity index (χ0n) is 17.1. The van der Waals surface area contributed by atoms with Crippen molar-refractivity contribution in [3.8, 4) is 0 Å². The molecule has 1 fully saturated rings. The van der Waals surface area contributed by atoms with Gasteiger partial charge in [-0.3, -0.25) is 4.79 Å². The van der Waals surface area contributed by atoms with Gasteiger partial charge in [-0.2, -0.15) is 0 Å². The molecule has 2 aromatic heterocycles. The Morgan fingerprint density at radius 1 is 1.16 bits per heavy atom. The number of hydrogen-bond donors (Lipinski definition) is 1. The van der Waals surface area contributed by atoms with Crippen molar-refractivity contribution in [2.24, 2.45) is 5.92 Å². The molecular formula is C24H23FN4OS. The van der Waals surface area contributed by atoms with Gasteiger partial charge in [0.05, 0.1) is 21.5 Å². The molecule has 1 N–H and O–H groups in total. The lowest BCUT2D eigenvalue weighted by Crippen LogP contribution is -2.43. The van der Waals surface area contributed by atoms with E-state index >= 15 is 0 Å². The third-order valence-corrected chi connectivity index (χ3v) is 7.00. The van der Waals surface area contributed by atoms with Gasteiger partial charge < -0.3 is 10.2 Å². The Hall–Kier alpha value is -3.06. The fourth-order valence-corrected chi connectivity index (χ4v) is 5.48. The van der Waals surface area contributed by atoms with Crippen LogP contribution in [0.2, 0.25) is 0 Å². The van der Waals surface area contributed by atoms with E-state index in [9.17, 15) is 9.18 Å². The molecule has 7 heteroatoms. The minimum Gasteiger partial charge on any atom is -0.355 e. The maximum atomic E-state index is 14.4. The summed E-state index contributed by atoms with van der Waals surface area (Å²) in [7, 11) is 0. The Bertz CT molecular complexity index is 1230. The maximum Gasteiger partial charge on any atom is 0.224 e. The molecule has 0 bridgehead atoms. The molecule has 1 atom stereocenters. The number of benzene rings is 2. The van der Waals surface area contributed by atoms with E-state index in [0.717, 1.165) is 41.0 Å². The molecule has 0 aliphatic carbocycles. The number of fused-ring (bicyclic) bond motifs is 3. The van der Waals surface area contributed by atoms with E-state index in [4.69, 9.17) is 0 Å². The quantitative estimate of drug-likeness (QED) is 0.500. The average molecular weight is 435 g/mol. The highest BCUT2D eigenvalue weighted by Crippen LogP contribution is 2.39. The first-order chi connectivity index (χ1) is 15.2. The van der Waals surface area contributed by atoms with Crippen molar-refractivity contribution in [1.82, 2.24) is 15.3 Å². The second kappa shape index (κ2) is 8.59. The zero-order chi connectivity index (χ0) is 21.2. The lowest BCUT2D eigenvalue weighted by molar-refractivity contribution is -0.125. The van der Waals surface area contributed by atoms with Crippen LogP contribution in [0.3, 0.4) is 0 Å². The predicted octanol–water partition coefficient (Wildman–Crippen LogP) is 4.56. The van der Waals surface area contributed by atoms with Crippen LogP contribution >= 0.6 is 11.3 Å². The van der Waals surface area contributed by atoms with Crippen molar-refractivity contribution in [1.29, 1.82) is 0 Å². The first kappa shape index (κ1) is 19.9. The van der Waals surface area contributed by atoms with E-state index in [1.807, 2.05) is 24.3 Å². The van der Waals surface area contributed by atoms with Gasteiger partial charge in [0.25, 0.3) is 0 Å². The standard InChI is InChI=1S/C24H23FN4OS/c25-18-9-4-10-19-20(18)21-22(31-19)23(28-15-27-21)29-13-5-8-17(14-29)24(30)26-12-11-16-6-2-1-3-7-16/h1-4,6-7,9-10,15,17H,5,8,11-14H2,(H,26,30)/t17-/m1/s1. The summed E-state index contributed by atoms with van der Waals surface area (Å²) >= 11 is 1.51. The van der Waals surface area contributed by atoms with Crippen molar-refractivity contribution < 1.29 is 9.18 Å². The van der Waals surface area contributed by atoms with Crippen LogP contribution in [0.15, 0.2) is 54.9 Å². The zero-order valence-corrected chi connectivity index (χ0v) is 17.9. The number of amides is 1. The number of thiophene rings is 1. The number of aromatic nitrogens is 2. The van der Waals surface area contributed by atoms with Crippen LogP contribution in [0.25, 0.3) is 20.3 Å². The van der Waals surface area contributed by atoms with Crippen LogP contribution in [-0.4, -0.2) is 35.5 Å². The Kier molecular flexibility index (Phi) is 5.51. The smallest absolute Gasteiger partial charge is 0.224 e. The predicted molar refractivity (Wildman–Crippen MR) is 123 cm³/mol. The summed E-state index contributed by atoms with van der Waals surface area (Å²) in [6.45, 7) is 2.07. The third-order valence-electron chi connectivity index (χ3n) is 5.86. The van der Waals surface area contributed by atoms with E-state index in [0.29, 0.717) is 24.0 Å². The van der Waals surface area contributed by atoms with Crippen LogP contribution in [0, 0.1) is 11.7 Å². The summed E-state index contributed by atoms with van der Waals surface area (Å²) in [6.07, 6.45) is 4.10. The van der Waals surface area contributed by atoms with Crippen molar-refractivity contribution in [2.75, 3.05) is 24.5 Å². The third kappa shape index (κ3) is 3.97. The fraction of sp³-hybridized carbons (Fsp3) is 0.292. The molecule has 0 radical (unpaired) electrons. The molecule has 4 aromatic rings. The van der Waals surface area contributed by atoms with Crippen LogP contribution in [0.4, 0.5) is 10.2 Å². The minimum atomic E-state index is -0.261. The molecule has 1 aliphatic rings. The molecular weight excluding hydrogens is 411 g/mol. The summed E-state index contributed by atoms with van der Waals surface area (Å²) in [5.74, 6) is 0.545. The van der Waals surface area contributed by atoms with Gasteiger partial charge in [0.2, 0.25) is 5.91 Å². The van der Waals surface area contributed by atoms with Gasteiger partial charge in [-0.1, -0.05) is 36.4 Å². The van der Waals surface area contributed by atoms with E-state index < -0.39 is 0 Å². The van der Waals surface area contributed by atoms with Crippen molar-refractivity contribution in [2.45, 2.75) is 19.3 Å². The van der Waals surface area contributed by atoms with Crippen molar-refractivity contribution >= 4 is 43.4 Å². The number of carbonyl (C=O) groups excluding carboxylic acids is 1. The molecule has 1 saturated heterocycles. The molecule has 3 heterocycles. The minimum absolute atomic E-state index is 0.0827. The number of nitrogens with zero attached hydrogens (tertiary/aromatic N) is 3. The van der Waals surface area contributed by atoms with Gasteiger partial charge in [-0.15, -0.1) is 11.3 Å². The molecule has 1 amide bonds. The summed E-state index contributed by atoms with van der Waals surface area (Å²) in [6, 6.07) is 15.3. The van der Waals surface area contributed by atoms with E-state index in [2.05, 4.69) is 32.3 Å². The summed E-state index contributed by atoms with van der Waals surface area (Å²) in [5.41, 5.74) is 1.87. The lowest BCUT2D eigenvalue weighted by atomic mass is 9.97. The molecule has 2 aromatic carbocycles. The second-order valence-electron chi connectivity index (χ2n) is 7.90. The van der Waals surface area contributed by atoms with E-state index in [1.54, 1.807) is 6.07 Å². The van der Waals surface area contributed by atoms with Crippen LogP contribution < -0.4 is 10.2 Å². The molecule has 158 valence electrons. The Morgan fingerprint density at radius 3 is 2.90 bits per heavy atom. The van der Waals surface area contributed by atoms with Gasteiger partial charge in [0, 0.05) is 24.3 Å². The van der Waals surface area contributed by atoms with E-state index in [-0.39, 0.29) is 17.6 Å². The molecule has 0 spiro atoms. The Balaban J connectivity index is 1.32. The number of anilines is 1. The molecule has 31 heavy (non-hydrogen) atoms. The molecule has 5 nitrogen and oxygen atoms in total. The largest absolute Gasteiger partial charge is 0.355 e. The first-order valence-electron chi connectivity index (χ1n) is 10.6. The van der Waals surface area contributed by atoms with Gasteiger partial charge >= 0.3 is 0 Å². The summed E-state index contributed by atoms with van der Waals surface area (Å²) in [4.78, 5) is 23.8. The van der Waals surface area contributed by atoms with Crippen molar-refractivity contribution in [3.63, 3.8) is 0 Å². The van der Waals surface area contributed by atoms with Gasteiger partial charge in [-0.25, -0.2) is 14.4 Å². The van der Waals surface area contributed by atoms with Crippen LogP contribution in [0.1, 0.15) is 18.4 Å². The molecule has 0 unspecified atom stereocenters. The SMILES string of the molecule is O=C(NCCc1ccccc1)[C@@H]1CCCN(c2ncnc3c2sc2cccc(F)c23)C1. The number of carbonyl (C=O) groups is 1. The number of piperidine rings is 1. The van der Waals surface area contributed by atoms with E-state index in [1.165, 1.54) is 29.3 Å². The number of nitrogens with one attached hydrogen (secondary N) is 1. The number of hydrogen-bond acceptors (Lipinski definition) is 5. The number of halogens is 1. The number of rotatable bonds is 5. The normalized spacial score (nSPS) is 16.7. The topological polar surface area (TPSA) is 58.1 Å². The summed E-state index contributed by atoms with van der Waals surface area (Å²) in [5, 5.41) is 3.65. The highest BCUT2D eigenvalue weighted by atomic mass is 32.1.